The molecule has 4 heteroatoms. The molecule has 0 amide bonds. The van der Waals surface area contributed by atoms with Crippen LogP contribution in [0.3, 0.4) is 0 Å². The predicted octanol–water partition coefficient (Wildman–Crippen LogP) is 15.9. The molecule has 0 bridgehead atoms. The topological polar surface area (TPSA) is 6.48 Å². The van der Waals surface area contributed by atoms with E-state index in [1.807, 2.05) is 11.3 Å². The van der Waals surface area contributed by atoms with E-state index in [2.05, 4.69) is 220 Å². The van der Waals surface area contributed by atoms with E-state index >= 15 is 0 Å². The van der Waals surface area contributed by atoms with Gasteiger partial charge in [0.15, 0.2) is 0 Å². The van der Waals surface area contributed by atoms with E-state index in [9.17, 15) is 0 Å². The highest BCUT2D eigenvalue weighted by Gasteiger charge is 2.61. The molecular weight excluding hydrogens is 828 g/mol. The Balaban J connectivity index is 1.27. The van der Waals surface area contributed by atoms with E-state index in [4.69, 9.17) is 0 Å². The quantitative estimate of drug-likeness (QED) is 0.163. The van der Waals surface area contributed by atoms with E-state index in [1.165, 1.54) is 135 Å². The summed E-state index contributed by atoms with van der Waals surface area (Å²) in [5, 5.41) is 2.68. The SMILES string of the molecule is Cc1cc2c3c(c1)N1c4c(cc(C(C)(C)C)cc4C4(C)CCCCC14C)B3c1cc3sc4cc(C(C)(C)C)ccc4c3cc1N2c1c(-c2ccccc2)cc(C(C)(C)C)cc1-c1ccccc1. The summed E-state index contributed by atoms with van der Waals surface area (Å²) in [5.41, 5.74) is 23.1. The van der Waals surface area contributed by atoms with Gasteiger partial charge in [0.05, 0.1) is 11.2 Å². The molecule has 0 N–H and O–H groups in total. The van der Waals surface area contributed by atoms with Gasteiger partial charge in [-0.25, -0.2) is 0 Å². The summed E-state index contributed by atoms with van der Waals surface area (Å²) in [7, 11) is 0. The maximum absolute atomic E-state index is 2.90. The van der Waals surface area contributed by atoms with E-state index in [-0.39, 0.29) is 33.9 Å². The van der Waals surface area contributed by atoms with Gasteiger partial charge >= 0.3 is 0 Å². The lowest BCUT2D eigenvalue weighted by Gasteiger charge is -2.53. The minimum absolute atomic E-state index is 0.00947. The summed E-state index contributed by atoms with van der Waals surface area (Å²) in [5.74, 6) is 0. The van der Waals surface area contributed by atoms with E-state index in [0.29, 0.717) is 0 Å². The highest BCUT2D eigenvalue weighted by molar-refractivity contribution is 7.26. The van der Waals surface area contributed by atoms with Crippen LogP contribution in [0.5, 0.6) is 0 Å². The number of nitrogens with zero attached hydrogens (tertiary/aromatic N) is 2. The first-order valence-electron chi connectivity index (χ1n) is 25.0. The van der Waals surface area contributed by atoms with Crippen molar-refractivity contribution in [2.24, 2.45) is 0 Å². The molecule has 12 rings (SSSR count). The third-order valence-corrected chi connectivity index (χ3v) is 18.0. The van der Waals surface area contributed by atoms with Crippen molar-refractivity contribution < 1.29 is 0 Å². The van der Waals surface area contributed by atoms with Gasteiger partial charge in [0, 0.05) is 59.5 Å². The van der Waals surface area contributed by atoms with Crippen molar-refractivity contribution in [3.8, 4) is 22.3 Å². The zero-order valence-electron chi connectivity index (χ0n) is 41.8. The molecule has 336 valence electrons. The molecule has 7 aromatic carbocycles. The minimum Gasteiger partial charge on any atom is -0.335 e. The van der Waals surface area contributed by atoms with Crippen molar-refractivity contribution in [2.75, 3.05) is 9.80 Å². The first kappa shape index (κ1) is 42.8. The number of anilines is 5. The molecule has 1 aliphatic carbocycles. The number of hydrogen-bond acceptors (Lipinski definition) is 3. The summed E-state index contributed by atoms with van der Waals surface area (Å²) < 4.78 is 2.73. The van der Waals surface area contributed by atoms with Crippen molar-refractivity contribution in [3.05, 3.63) is 155 Å². The molecule has 3 aliphatic heterocycles. The third kappa shape index (κ3) is 6.13. The van der Waals surface area contributed by atoms with Crippen LogP contribution < -0.4 is 26.2 Å². The summed E-state index contributed by atoms with van der Waals surface area (Å²) in [4.78, 5) is 5.65. The average molecular weight is 893 g/mol. The average Bonchev–Trinajstić information content (AvgIpc) is 3.75. The summed E-state index contributed by atoms with van der Waals surface area (Å²) >= 11 is 1.98. The van der Waals surface area contributed by atoms with E-state index in [1.54, 1.807) is 5.56 Å². The van der Waals surface area contributed by atoms with Crippen LogP contribution in [0.1, 0.15) is 130 Å². The lowest BCUT2D eigenvalue weighted by atomic mass is 9.33. The van der Waals surface area contributed by atoms with Crippen molar-refractivity contribution in [1.82, 2.24) is 0 Å². The Morgan fingerprint density at radius 2 is 1.10 bits per heavy atom. The van der Waals surface area contributed by atoms with Gasteiger partial charge in [0.25, 0.3) is 6.71 Å². The Kier molecular flexibility index (Phi) is 9.09. The molecule has 1 saturated carbocycles. The highest BCUT2D eigenvalue weighted by Crippen LogP contribution is 2.63. The van der Waals surface area contributed by atoms with Gasteiger partial charge in [-0.1, -0.05) is 167 Å². The molecule has 4 heterocycles. The van der Waals surface area contributed by atoms with Gasteiger partial charge in [-0.3, -0.25) is 0 Å². The maximum atomic E-state index is 2.90. The van der Waals surface area contributed by atoms with Gasteiger partial charge in [-0.15, -0.1) is 11.3 Å². The van der Waals surface area contributed by atoms with Gasteiger partial charge in [-0.05, 0) is 141 Å². The van der Waals surface area contributed by atoms with Crippen LogP contribution in [0.4, 0.5) is 28.4 Å². The van der Waals surface area contributed by atoms with Crippen molar-refractivity contribution in [3.63, 3.8) is 0 Å². The minimum atomic E-state index is -0.0727. The second kappa shape index (κ2) is 14.2. The van der Waals surface area contributed by atoms with Crippen LogP contribution in [0.25, 0.3) is 42.4 Å². The molecule has 2 atom stereocenters. The smallest absolute Gasteiger partial charge is 0.252 e. The zero-order chi connectivity index (χ0) is 46.7. The number of aryl methyl sites for hydroxylation is 1. The normalized spacial score (nSPS) is 19.7. The molecular formula is C63H65BN2S. The molecule has 1 aromatic heterocycles. The summed E-state index contributed by atoms with van der Waals surface area (Å²) in [6.45, 7) is 29.0. The fraction of sp³-hybridized carbons (Fsp3) is 0.333. The van der Waals surface area contributed by atoms with Crippen LogP contribution in [0, 0.1) is 6.92 Å². The van der Waals surface area contributed by atoms with Gasteiger partial charge in [0.1, 0.15) is 0 Å². The highest BCUT2D eigenvalue weighted by atomic mass is 32.1. The third-order valence-electron chi connectivity index (χ3n) is 16.9. The maximum Gasteiger partial charge on any atom is 0.252 e. The lowest BCUT2D eigenvalue weighted by molar-refractivity contribution is 0.195. The monoisotopic (exact) mass is 892 g/mol. The number of fused-ring (bicyclic) bond motifs is 10. The second-order valence-corrected chi connectivity index (χ2v) is 25.3. The second-order valence-electron chi connectivity index (χ2n) is 24.2. The first-order chi connectivity index (χ1) is 31.8. The van der Waals surface area contributed by atoms with Crippen LogP contribution in [-0.4, -0.2) is 12.3 Å². The van der Waals surface area contributed by atoms with Crippen LogP contribution in [0.15, 0.2) is 127 Å². The van der Waals surface area contributed by atoms with Crippen molar-refractivity contribution in [2.45, 2.75) is 136 Å². The van der Waals surface area contributed by atoms with Crippen LogP contribution in [-0.2, 0) is 21.7 Å². The standard InChI is InChI=1S/C63H65BN2S/c1-38-29-52-56-53(30-38)66-58-48(62(11)27-19-20-28-63(62,66)12)33-43(61(8,9)10)34-50(58)64(56)49-37-55-47(44-26-25-41(59(2,3)4)35-54(44)67-55)36-51(49)65(52)57-45(39-21-15-13-16-22-39)31-42(60(5,6)7)32-46(57)40-23-17-14-18-24-40/h13-18,21-26,29-37H,19-20,27-28H2,1-12H3. The Labute approximate surface area is 404 Å². The fourth-order valence-corrected chi connectivity index (χ4v) is 14.0. The van der Waals surface area contributed by atoms with E-state index in [0.717, 1.165) is 0 Å². The molecule has 8 aromatic rings. The first-order valence-corrected chi connectivity index (χ1v) is 25.8. The van der Waals surface area contributed by atoms with Crippen molar-refractivity contribution in [1.29, 1.82) is 0 Å². The van der Waals surface area contributed by atoms with Gasteiger partial charge < -0.3 is 9.80 Å². The molecule has 67 heavy (non-hydrogen) atoms. The van der Waals surface area contributed by atoms with Gasteiger partial charge in [0.2, 0.25) is 0 Å². The Morgan fingerprint density at radius 1 is 0.522 bits per heavy atom. The van der Waals surface area contributed by atoms with Crippen LogP contribution in [0.2, 0.25) is 0 Å². The Bertz CT molecular complexity index is 3300. The molecule has 0 saturated heterocycles. The summed E-state index contributed by atoms with van der Waals surface area (Å²) in [6, 6.07) is 50.4. The largest absolute Gasteiger partial charge is 0.335 e. The lowest BCUT2D eigenvalue weighted by Crippen LogP contribution is -2.64. The Morgan fingerprint density at radius 3 is 1.73 bits per heavy atom. The van der Waals surface area contributed by atoms with Crippen LogP contribution >= 0.6 is 11.3 Å². The molecule has 2 unspecified atom stereocenters. The molecule has 1 fully saturated rings. The molecule has 4 aliphatic rings. The van der Waals surface area contributed by atoms with Crippen molar-refractivity contribution >= 4 is 83.0 Å². The number of hydrogen-bond donors (Lipinski definition) is 0. The number of thiophene rings is 1. The molecule has 0 spiro atoms. The van der Waals surface area contributed by atoms with Gasteiger partial charge in [-0.2, -0.15) is 0 Å². The van der Waals surface area contributed by atoms with E-state index < -0.39 is 0 Å². The Hall–Kier alpha value is -5.58. The molecule has 0 radical (unpaired) electrons. The number of benzene rings is 7. The summed E-state index contributed by atoms with van der Waals surface area (Å²) in [6.07, 6.45) is 4.92. The fourth-order valence-electron chi connectivity index (χ4n) is 12.9. The number of rotatable bonds is 3. The predicted molar refractivity (Wildman–Crippen MR) is 293 cm³/mol. The molecule has 2 nitrogen and oxygen atoms in total. The zero-order valence-corrected chi connectivity index (χ0v) is 42.6.